The molecule has 0 bridgehead atoms. The molecule has 0 spiro atoms. The zero-order chi connectivity index (χ0) is 14.3. The summed E-state index contributed by atoms with van der Waals surface area (Å²) in [5.74, 6) is 2.54. The van der Waals surface area contributed by atoms with Crippen LogP contribution >= 0.6 is 0 Å². The van der Waals surface area contributed by atoms with Crippen LogP contribution in [0.1, 0.15) is 55.2 Å². The van der Waals surface area contributed by atoms with Crippen LogP contribution in [0.3, 0.4) is 0 Å². The van der Waals surface area contributed by atoms with Crippen molar-refractivity contribution >= 4 is 0 Å². The predicted octanol–water partition coefficient (Wildman–Crippen LogP) is 4.10. The highest BCUT2D eigenvalue weighted by atomic mass is 16.5. The fraction of sp³-hybridized carbons (Fsp3) is 0.667. The summed E-state index contributed by atoms with van der Waals surface area (Å²) in [7, 11) is 1.71. The van der Waals surface area contributed by atoms with Crippen LogP contribution in [0, 0.1) is 25.7 Å². The number of hydrogen-bond acceptors (Lipinski definition) is 2. The lowest BCUT2D eigenvalue weighted by Gasteiger charge is -2.38. The lowest BCUT2D eigenvalue weighted by atomic mass is 9.71. The molecular formula is C18H26O2. The van der Waals surface area contributed by atoms with Crippen LogP contribution in [0.5, 0.6) is 5.75 Å². The average Bonchev–Trinajstić information content (AvgIpc) is 3.25. The smallest absolute Gasteiger partial charge is 0.122 e. The van der Waals surface area contributed by atoms with Crippen molar-refractivity contribution in [1.29, 1.82) is 0 Å². The molecule has 2 atom stereocenters. The molecule has 3 rings (SSSR count). The maximum atomic E-state index is 11.2. The maximum Gasteiger partial charge on any atom is 0.122 e. The molecule has 1 aromatic rings. The molecule has 0 aromatic heterocycles. The molecule has 0 aliphatic heterocycles. The van der Waals surface area contributed by atoms with Gasteiger partial charge >= 0.3 is 0 Å². The maximum absolute atomic E-state index is 11.2. The second-order valence-electron chi connectivity index (χ2n) is 6.86. The number of ether oxygens (including phenoxy) is 1. The highest BCUT2D eigenvalue weighted by Crippen LogP contribution is 2.50. The third-order valence-electron chi connectivity index (χ3n) is 5.30. The Kier molecular flexibility index (Phi) is 3.53. The molecule has 1 aromatic carbocycles. The Morgan fingerprint density at radius 3 is 2.50 bits per heavy atom. The Balaban J connectivity index is 1.91. The number of methoxy groups -OCH3 is 1. The third kappa shape index (κ3) is 2.46. The third-order valence-corrected chi connectivity index (χ3v) is 5.30. The molecule has 2 heteroatoms. The van der Waals surface area contributed by atoms with Crippen molar-refractivity contribution in [3.8, 4) is 5.75 Å². The number of hydrogen-bond donors (Lipinski definition) is 1. The normalized spacial score (nSPS) is 30.3. The zero-order valence-corrected chi connectivity index (χ0v) is 12.9. The quantitative estimate of drug-likeness (QED) is 0.899. The van der Waals surface area contributed by atoms with Gasteiger partial charge in [-0.05, 0) is 93.0 Å². The average molecular weight is 274 g/mol. The topological polar surface area (TPSA) is 29.5 Å². The van der Waals surface area contributed by atoms with Crippen molar-refractivity contribution in [1.82, 2.24) is 0 Å². The van der Waals surface area contributed by atoms with E-state index >= 15 is 0 Å². The van der Waals surface area contributed by atoms with Crippen molar-refractivity contribution in [2.24, 2.45) is 11.8 Å². The van der Waals surface area contributed by atoms with E-state index in [0.29, 0.717) is 0 Å². The van der Waals surface area contributed by atoms with Crippen molar-refractivity contribution < 1.29 is 9.84 Å². The first kappa shape index (κ1) is 13.9. The van der Waals surface area contributed by atoms with Gasteiger partial charge in [-0.25, -0.2) is 0 Å². The van der Waals surface area contributed by atoms with Crippen LogP contribution in [0.15, 0.2) is 12.1 Å². The largest absolute Gasteiger partial charge is 0.496 e. The summed E-state index contributed by atoms with van der Waals surface area (Å²) >= 11 is 0. The van der Waals surface area contributed by atoms with Crippen molar-refractivity contribution in [2.45, 2.75) is 58.0 Å². The molecule has 110 valence electrons. The second kappa shape index (κ2) is 5.07. The van der Waals surface area contributed by atoms with Gasteiger partial charge in [0, 0.05) is 0 Å². The standard InChI is InChI=1S/C18H26O2/c1-12-10-17(20-3)13(2)9-16(12)18(19)8-4-5-15(11-18)14-6-7-14/h9-10,14-15,19H,4-8,11H2,1-3H3. The van der Waals surface area contributed by atoms with Gasteiger partial charge in [0.15, 0.2) is 0 Å². The molecular weight excluding hydrogens is 248 g/mol. The molecule has 2 nitrogen and oxygen atoms in total. The van der Waals surface area contributed by atoms with Crippen molar-refractivity contribution in [2.75, 3.05) is 7.11 Å². The number of benzene rings is 1. The van der Waals surface area contributed by atoms with Crippen molar-refractivity contribution in [3.05, 3.63) is 28.8 Å². The summed E-state index contributed by atoms with van der Waals surface area (Å²) in [4.78, 5) is 0. The van der Waals surface area contributed by atoms with Crippen LogP contribution < -0.4 is 4.74 Å². The first-order chi connectivity index (χ1) is 9.53. The molecule has 2 saturated carbocycles. The van der Waals surface area contributed by atoms with E-state index < -0.39 is 5.60 Å². The van der Waals surface area contributed by atoms with Gasteiger partial charge in [-0.15, -0.1) is 0 Å². The van der Waals surface area contributed by atoms with Crippen LogP contribution in [-0.2, 0) is 5.60 Å². The fourth-order valence-corrected chi connectivity index (χ4v) is 4.02. The fourth-order valence-electron chi connectivity index (χ4n) is 4.02. The molecule has 1 N–H and O–H groups in total. The van der Waals surface area contributed by atoms with Crippen LogP contribution in [0.2, 0.25) is 0 Å². The summed E-state index contributed by atoms with van der Waals surface area (Å²) in [6, 6.07) is 4.22. The molecule has 0 radical (unpaired) electrons. The summed E-state index contributed by atoms with van der Waals surface area (Å²) in [5, 5.41) is 11.2. The lowest BCUT2D eigenvalue weighted by molar-refractivity contribution is -0.0256. The molecule has 0 saturated heterocycles. The highest BCUT2D eigenvalue weighted by molar-refractivity contribution is 5.44. The van der Waals surface area contributed by atoms with E-state index in [0.717, 1.165) is 53.5 Å². The van der Waals surface area contributed by atoms with Gasteiger partial charge in [0.1, 0.15) is 5.75 Å². The molecule has 0 amide bonds. The minimum atomic E-state index is -0.618. The van der Waals surface area contributed by atoms with E-state index in [2.05, 4.69) is 26.0 Å². The van der Waals surface area contributed by atoms with Crippen molar-refractivity contribution in [3.63, 3.8) is 0 Å². The second-order valence-corrected chi connectivity index (χ2v) is 6.86. The molecule has 2 unspecified atom stereocenters. The Hall–Kier alpha value is -1.02. The van der Waals surface area contributed by atoms with Gasteiger partial charge in [0.25, 0.3) is 0 Å². The van der Waals surface area contributed by atoms with E-state index in [1.807, 2.05) is 0 Å². The minimum absolute atomic E-state index is 0.618. The Morgan fingerprint density at radius 2 is 1.85 bits per heavy atom. The van der Waals surface area contributed by atoms with E-state index in [9.17, 15) is 5.11 Å². The van der Waals surface area contributed by atoms with Crippen LogP contribution in [0.25, 0.3) is 0 Å². The monoisotopic (exact) mass is 274 g/mol. The Labute approximate surface area is 122 Å². The van der Waals surface area contributed by atoms with E-state index in [4.69, 9.17) is 4.74 Å². The van der Waals surface area contributed by atoms with Gasteiger partial charge in [-0.2, -0.15) is 0 Å². The summed E-state index contributed by atoms with van der Waals surface area (Å²) in [5.41, 5.74) is 2.79. The SMILES string of the molecule is COc1cc(C)c(C2(O)CCCC(C3CC3)C2)cc1C. The van der Waals surface area contributed by atoms with Gasteiger partial charge < -0.3 is 9.84 Å². The lowest BCUT2D eigenvalue weighted by Crippen LogP contribution is -2.34. The molecule has 20 heavy (non-hydrogen) atoms. The summed E-state index contributed by atoms with van der Waals surface area (Å²) < 4.78 is 5.39. The van der Waals surface area contributed by atoms with Gasteiger partial charge in [-0.1, -0.05) is 0 Å². The highest BCUT2D eigenvalue weighted by Gasteiger charge is 2.42. The first-order valence-corrected chi connectivity index (χ1v) is 7.91. The predicted molar refractivity (Wildman–Crippen MR) is 81.0 cm³/mol. The Bertz CT molecular complexity index is 504. The molecule has 2 aliphatic rings. The number of aliphatic hydroxyl groups is 1. The number of aryl methyl sites for hydroxylation is 2. The van der Waals surface area contributed by atoms with Crippen LogP contribution in [-0.4, -0.2) is 12.2 Å². The number of rotatable bonds is 3. The first-order valence-electron chi connectivity index (χ1n) is 7.91. The Morgan fingerprint density at radius 1 is 1.10 bits per heavy atom. The van der Waals surface area contributed by atoms with Gasteiger partial charge in [-0.3, -0.25) is 0 Å². The van der Waals surface area contributed by atoms with Crippen LogP contribution in [0.4, 0.5) is 0 Å². The van der Waals surface area contributed by atoms with Gasteiger partial charge in [0.2, 0.25) is 0 Å². The van der Waals surface area contributed by atoms with E-state index in [1.54, 1.807) is 7.11 Å². The molecule has 2 aliphatic carbocycles. The van der Waals surface area contributed by atoms with E-state index in [1.165, 1.54) is 19.3 Å². The minimum Gasteiger partial charge on any atom is -0.496 e. The molecule has 0 heterocycles. The summed E-state index contributed by atoms with van der Waals surface area (Å²) in [6.07, 6.45) is 7.07. The molecule has 2 fully saturated rings. The zero-order valence-electron chi connectivity index (χ0n) is 12.9. The summed E-state index contributed by atoms with van der Waals surface area (Å²) in [6.45, 7) is 4.16. The van der Waals surface area contributed by atoms with E-state index in [-0.39, 0.29) is 0 Å². The van der Waals surface area contributed by atoms with Gasteiger partial charge in [0.05, 0.1) is 12.7 Å².